The van der Waals surface area contributed by atoms with Crippen LogP contribution >= 0.6 is 23.2 Å². The fourth-order valence-electron chi connectivity index (χ4n) is 4.36. The van der Waals surface area contributed by atoms with Crippen LogP contribution in [0.15, 0.2) is 78.9 Å². The van der Waals surface area contributed by atoms with Crippen LogP contribution < -0.4 is 5.32 Å². The molecule has 1 saturated heterocycles. The molecule has 0 saturated carbocycles. The summed E-state index contributed by atoms with van der Waals surface area (Å²) < 4.78 is 5.41. The zero-order chi connectivity index (χ0) is 26.0. The van der Waals surface area contributed by atoms with Crippen LogP contribution in [0.5, 0.6) is 0 Å². The molecule has 1 N–H and O–H groups in total. The molecule has 1 heterocycles. The number of hydrogen-bond donors (Lipinski definition) is 1. The van der Waals surface area contributed by atoms with E-state index in [0.717, 1.165) is 36.3 Å². The first-order chi connectivity index (χ1) is 18.0. The van der Waals surface area contributed by atoms with Crippen molar-refractivity contribution in [2.45, 2.75) is 19.0 Å². The van der Waals surface area contributed by atoms with Crippen molar-refractivity contribution in [1.82, 2.24) is 15.1 Å². The van der Waals surface area contributed by atoms with Gasteiger partial charge in [-0.05, 0) is 41.0 Å². The summed E-state index contributed by atoms with van der Waals surface area (Å²) in [6.07, 6.45) is 0.148. The topological polar surface area (TPSA) is 61.9 Å². The highest BCUT2D eigenvalue weighted by Gasteiger charge is 2.31. The lowest BCUT2D eigenvalue weighted by molar-refractivity contribution is -0.141. The van der Waals surface area contributed by atoms with Gasteiger partial charge in [0.15, 0.2) is 0 Å². The first kappa shape index (κ1) is 27.1. The zero-order valence-corrected chi connectivity index (χ0v) is 22.1. The standard InChI is InChI=1S/C29H31Cl2N3O3/c30-25-10-6-22(7-11-25)20-27(35)34(21-23-8-12-26(31)13-9-23)28(24-4-2-1-3-5-24)29(36)32-14-15-33-16-18-37-19-17-33/h1-13,28H,14-21H2,(H,32,36)/t28-/m0/s1. The maximum Gasteiger partial charge on any atom is 0.247 e. The van der Waals surface area contributed by atoms with E-state index >= 15 is 0 Å². The maximum absolute atomic E-state index is 13.8. The van der Waals surface area contributed by atoms with Crippen LogP contribution in [0.1, 0.15) is 22.7 Å². The summed E-state index contributed by atoms with van der Waals surface area (Å²) in [7, 11) is 0. The number of morpholine rings is 1. The molecule has 0 spiro atoms. The van der Waals surface area contributed by atoms with Crippen LogP contribution in [0, 0.1) is 0 Å². The Morgan fingerprint density at radius 2 is 1.46 bits per heavy atom. The molecule has 0 radical (unpaired) electrons. The normalized spacial score (nSPS) is 14.6. The maximum atomic E-state index is 13.8. The first-order valence-electron chi connectivity index (χ1n) is 12.4. The molecule has 3 aromatic carbocycles. The number of halogens is 2. The van der Waals surface area contributed by atoms with Crippen molar-refractivity contribution < 1.29 is 14.3 Å². The zero-order valence-electron chi connectivity index (χ0n) is 20.6. The highest BCUT2D eigenvalue weighted by molar-refractivity contribution is 6.30. The van der Waals surface area contributed by atoms with Crippen LogP contribution in [0.2, 0.25) is 10.0 Å². The van der Waals surface area contributed by atoms with E-state index < -0.39 is 6.04 Å². The molecule has 194 valence electrons. The summed E-state index contributed by atoms with van der Waals surface area (Å²) in [6.45, 7) is 4.58. The lowest BCUT2D eigenvalue weighted by Gasteiger charge is -2.32. The van der Waals surface area contributed by atoms with Crippen LogP contribution in [-0.2, 0) is 27.3 Å². The predicted molar refractivity (Wildman–Crippen MR) is 147 cm³/mol. The van der Waals surface area contributed by atoms with Gasteiger partial charge < -0.3 is 15.0 Å². The molecule has 3 aromatic rings. The van der Waals surface area contributed by atoms with Crippen molar-refractivity contribution in [3.63, 3.8) is 0 Å². The fraction of sp³-hybridized carbons (Fsp3) is 0.310. The summed E-state index contributed by atoms with van der Waals surface area (Å²) in [5, 5.41) is 4.30. The minimum atomic E-state index is -0.790. The summed E-state index contributed by atoms with van der Waals surface area (Å²) in [5.74, 6) is -0.368. The summed E-state index contributed by atoms with van der Waals surface area (Å²) in [5.41, 5.74) is 2.47. The molecular formula is C29H31Cl2N3O3. The van der Waals surface area contributed by atoms with E-state index in [9.17, 15) is 9.59 Å². The van der Waals surface area contributed by atoms with Crippen LogP contribution in [0.25, 0.3) is 0 Å². The summed E-state index contributed by atoms with van der Waals surface area (Å²) in [4.78, 5) is 31.4. The summed E-state index contributed by atoms with van der Waals surface area (Å²) >= 11 is 12.1. The highest BCUT2D eigenvalue weighted by atomic mass is 35.5. The van der Waals surface area contributed by atoms with Crippen molar-refractivity contribution in [2.75, 3.05) is 39.4 Å². The van der Waals surface area contributed by atoms with E-state index in [1.165, 1.54) is 0 Å². The number of carbonyl (C=O) groups excluding carboxylic acids is 2. The largest absolute Gasteiger partial charge is 0.379 e. The van der Waals surface area contributed by atoms with Gasteiger partial charge in [-0.2, -0.15) is 0 Å². The van der Waals surface area contributed by atoms with Gasteiger partial charge in [0, 0.05) is 42.8 Å². The molecule has 0 bridgehead atoms. The number of amides is 2. The molecule has 1 atom stereocenters. The van der Waals surface area contributed by atoms with Crippen molar-refractivity contribution in [3.8, 4) is 0 Å². The molecule has 37 heavy (non-hydrogen) atoms. The molecule has 8 heteroatoms. The van der Waals surface area contributed by atoms with Gasteiger partial charge in [0.1, 0.15) is 6.04 Å². The van der Waals surface area contributed by atoms with Gasteiger partial charge in [0.25, 0.3) is 0 Å². The van der Waals surface area contributed by atoms with Crippen molar-refractivity contribution >= 4 is 35.0 Å². The Hall–Kier alpha value is -2.90. The minimum Gasteiger partial charge on any atom is -0.379 e. The number of rotatable bonds is 10. The Morgan fingerprint density at radius 3 is 2.08 bits per heavy atom. The number of hydrogen-bond acceptors (Lipinski definition) is 4. The fourth-order valence-corrected chi connectivity index (χ4v) is 4.61. The van der Waals surface area contributed by atoms with E-state index in [4.69, 9.17) is 27.9 Å². The third-order valence-corrected chi connectivity index (χ3v) is 6.87. The molecule has 0 unspecified atom stereocenters. The van der Waals surface area contributed by atoms with Crippen molar-refractivity contribution in [1.29, 1.82) is 0 Å². The van der Waals surface area contributed by atoms with Gasteiger partial charge in [0.2, 0.25) is 11.8 Å². The van der Waals surface area contributed by atoms with Gasteiger partial charge >= 0.3 is 0 Å². The number of nitrogens with zero attached hydrogens (tertiary/aromatic N) is 2. The van der Waals surface area contributed by atoms with E-state index in [0.29, 0.717) is 29.8 Å². The molecule has 0 aliphatic carbocycles. The second-order valence-corrected chi connectivity index (χ2v) is 9.88. The molecule has 1 aliphatic heterocycles. The molecule has 2 amide bonds. The SMILES string of the molecule is O=C(NCCN1CCOCC1)[C@H](c1ccccc1)N(Cc1ccc(Cl)cc1)C(=O)Cc1ccc(Cl)cc1. The van der Waals surface area contributed by atoms with E-state index in [1.807, 2.05) is 54.6 Å². The number of nitrogens with one attached hydrogen (secondary N) is 1. The van der Waals surface area contributed by atoms with Crippen LogP contribution in [0.4, 0.5) is 0 Å². The van der Waals surface area contributed by atoms with Crippen molar-refractivity contribution in [2.24, 2.45) is 0 Å². The third-order valence-electron chi connectivity index (χ3n) is 6.36. The molecule has 1 aliphatic rings. The lowest BCUT2D eigenvalue weighted by Crippen LogP contribution is -2.46. The number of ether oxygens (including phenoxy) is 1. The summed E-state index contributed by atoms with van der Waals surface area (Å²) in [6, 6.07) is 23.2. The van der Waals surface area contributed by atoms with Crippen LogP contribution in [-0.4, -0.2) is 61.0 Å². The Labute approximate surface area is 228 Å². The Kier molecular flexibility index (Phi) is 9.97. The molecule has 6 nitrogen and oxygen atoms in total. The second-order valence-electron chi connectivity index (χ2n) is 9.01. The third kappa shape index (κ3) is 8.04. The van der Waals surface area contributed by atoms with Gasteiger partial charge in [-0.25, -0.2) is 0 Å². The molecule has 4 rings (SSSR count). The van der Waals surface area contributed by atoms with Crippen molar-refractivity contribution in [3.05, 3.63) is 106 Å². The van der Waals surface area contributed by atoms with E-state index in [2.05, 4.69) is 10.2 Å². The molecular weight excluding hydrogens is 509 g/mol. The van der Waals surface area contributed by atoms with E-state index in [1.54, 1.807) is 29.2 Å². The van der Waals surface area contributed by atoms with E-state index in [-0.39, 0.29) is 24.8 Å². The average molecular weight is 540 g/mol. The quantitative estimate of drug-likeness (QED) is 0.403. The van der Waals surface area contributed by atoms with Gasteiger partial charge in [0.05, 0.1) is 19.6 Å². The molecule has 1 fully saturated rings. The number of carbonyl (C=O) groups is 2. The monoisotopic (exact) mass is 539 g/mol. The Bertz CT molecular complexity index is 1150. The van der Waals surface area contributed by atoms with Gasteiger partial charge in [-0.1, -0.05) is 77.8 Å². The first-order valence-corrected chi connectivity index (χ1v) is 13.2. The lowest BCUT2D eigenvalue weighted by atomic mass is 10.0. The second kappa shape index (κ2) is 13.6. The Balaban J connectivity index is 1.59. The number of benzene rings is 3. The minimum absolute atomic E-state index is 0.148. The average Bonchev–Trinajstić information content (AvgIpc) is 2.92. The van der Waals surface area contributed by atoms with Crippen LogP contribution in [0.3, 0.4) is 0 Å². The van der Waals surface area contributed by atoms with Gasteiger partial charge in [-0.3, -0.25) is 14.5 Å². The Morgan fingerprint density at radius 1 is 0.865 bits per heavy atom. The predicted octanol–water partition coefficient (Wildman–Crippen LogP) is 4.75. The van der Waals surface area contributed by atoms with Gasteiger partial charge in [-0.15, -0.1) is 0 Å². The highest BCUT2D eigenvalue weighted by Crippen LogP contribution is 2.25. The molecule has 0 aromatic heterocycles. The smallest absolute Gasteiger partial charge is 0.247 e.